The highest BCUT2D eigenvalue weighted by atomic mass is 16.5. The summed E-state index contributed by atoms with van der Waals surface area (Å²) >= 11 is 0. The Labute approximate surface area is 146 Å². The average molecular weight is 342 g/mol. The van der Waals surface area contributed by atoms with E-state index in [1.807, 2.05) is 12.1 Å². The highest BCUT2D eigenvalue weighted by Crippen LogP contribution is 2.20. The number of anilines is 1. The predicted octanol–water partition coefficient (Wildman–Crippen LogP) is 1.19. The Kier molecular flexibility index (Phi) is 5.02. The molecule has 0 atom stereocenters. The first-order valence-electron chi connectivity index (χ1n) is 8.30. The largest absolute Gasteiger partial charge is 0.496 e. The number of ether oxygens (including phenoxy) is 1. The fourth-order valence-electron chi connectivity index (χ4n) is 3.01. The molecule has 0 aliphatic carbocycles. The van der Waals surface area contributed by atoms with E-state index in [1.54, 1.807) is 38.6 Å². The minimum absolute atomic E-state index is 0.105. The third-order valence-electron chi connectivity index (χ3n) is 4.50. The standard InChI is InChI=1S/C18H22N4O3/c1-21-17(23)11-14(12-19-21)22-9-7-13(8-10-22)20-18(24)15-5-3-4-6-16(15)25-2/h3-6,11-13H,7-10H2,1-2H3,(H,20,24). The van der Waals surface area contributed by atoms with Gasteiger partial charge in [0, 0.05) is 32.2 Å². The van der Waals surface area contributed by atoms with Gasteiger partial charge in [-0.3, -0.25) is 9.59 Å². The second-order valence-electron chi connectivity index (χ2n) is 6.11. The molecule has 2 heterocycles. The van der Waals surface area contributed by atoms with Gasteiger partial charge in [-0.25, -0.2) is 4.68 Å². The van der Waals surface area contributed by atoms with Crippen molar-refractivity contribution in [2.45, 2.75) is 18.9 Å². The molecular formula is C18H22N4O3. The molecule has 0 saturated carbocycles. The highest BCUT2D eigenvalue weighted by molar-refractivity contribution is 5.97. The Hall–Kier alpha value is -2.83. The second-order valence-corrected chi connectivity index (χ2v) is 6.11. The van der Waals surface area contributed by atoms with Crippen LogP contribution in [0.2, 0.25) is 0 Å². The number of amides is 1. The molecule has 1 aromatic carbocycles. The van der Waals surface area contributed by atoms with Gasteiger partial charge < -0.3 is 15.0 Å². The van der Waals surface area contributed by atoms with Crippen molar-refractivity contribution < 1.29 is 9.53 Å². The summed E-state index contributed by atoms with van der Waals surface area (Å²) in [6, 6.07) is 8.90. The molecule has 7 nitrogen and oxygen atoms in total. The number of hydrogen-bond donors (Lipinski definition) is 1. The van der Waals surface area contributed by atoms with E-state index < -0.39 is 0 Å². The molecule has 132 valence electrons. The lowest BCUT2D eigenvalue weighted by atomic mass is 10.0. The Morgan fingerprint density at radius 3 is 2.68 bits per heavy atom. The predicted molar refractivity (Wildman–Crippen MR) is 95.2 cm³/mol. The van der Waals surface area contributed by atoms with Gasteiger partial charge in [-0.1, -0.05) is 12.1 Å². The van der Waals surface area contributed by atoms with Crippen LogP contribution < -0.4 is 20.5 Å². The quantitative estimate of drug-likeness (QED) is 0.903. The van der Waals surface area contributed by atoms with Crippen LogP contribution >= 0.6 is 0 Å². The van der Waals surface area contributed by atoms with Crippen LogP contribution in [0.25, 0.3) is 0 Å². The molecule has 3 rings (SSSR count). The summed E-state index contributed by atoms with van der Waals surface area (Å²) in [5, 5.41) is 7.13. The first-order valence-corrected chi connectivity index (χ1v) is 8.30. The molecule has 1 fully saturated rings. The van der Waals surface area contributed by atoms with Crippen LogP contribution in [-0.4, -0.2) is 41.9 Å². The maximum absolute atomic E-state index is 12.5. The monoisotopic (exact) mass is 342 g/mol. The van der Waals surface area contributed by atoms with Gasteiger partial charge in [0.1, 0.15) is 5.75 Å². The Morgan fingerprint density at radius 2 is 2.00 bits per heavy atom. The number of para-hydroxylation sites is 1. The Morgan fingerprint density at radius 1 is 1.28 bits per heavy atom. The second kappa shape index (κ2) is 7.38. The van der Waals surface area contributed by atoms with Crippen LogP contribution in [0.15, 0.2) is 41.3 Å². The van der Waals surface area contributed by atoms with E-state index in [0.717, 1.165) is 31.6 Å². The van der Waals surface area contributed by atoms with Gasteiger partial charge >= 0.3 is 0 Å². The number of hydrogen-bond acceptors (Lipinski definition) is 5. The van der Waals surface area contributed by atoms with Crippen LogP contribution in [0, 0.1) is 0 Å². The number of nitrogens with zero attached hydrogens (tertiary/aromatic N) is 3. The number of rotatable bonds is 4. The number of aryl methyl sites for hydroxylation is 1. The van der Waals surface area contributed by atoms with Gasteiger partial charge in [-0.15, -0.1) is 0 Å². The topological polar surface area (TPSA) is 76.5 Å². The highest BCUT2D eigenvalue weighted by Gasteiger charge is 2.23. The lowest BCUT2D eigenvalue weighted by Gasteiger charge is -2.33. The molecule has 1 aromatic heterocycles. The summed E-state index contributed by atoms with van der Waals surface area (Å²) in [6.45, 7) is 1.54. The summed E-state index contributed by atoms with van der Waals surface area (Å²) in [5.74, 6) is 0.454. The average Bonchev–Trinajstić information content (AvgIpc) is 2.64. The number of benzene rings is 1. The van der Waals surface area contributed by atoms with Crippen LogP contribution in [0.3, 0.4) is 0 Å². The van der Waals surface area contributed by atoms with Gasteiger partial charge in [-0.05, 0) is 25.0 Å². The molecule has 1 saturated heterocycles. The number of aromatic nitrogens is 2. The molecule has 0 radical (unpaired) electrons. The Bertz CT molecular complexity index is 810. The van der Waals surface area contributed by atoms with Gasteiger partial charge in [-0.2, -0.15) is 5.10 Å². The van der Waals surface area contributed by atoms with Gasteiger partial charge in [0.2, 0.25) is 0 Å². The van der Waals surface area contributed by atoms with E-state index in [2.05, 4.69) is 15.3 Å². The van der Waals surface area contributed by atoms with Crippen molar-refractivity contribution in [2.75, 3.05) is 25.1 Å². The van der Waals surface area contributed by atoms with Crippen LogP contribution in [0.4, 0.5) is 5.69 Å². The minimum Gasteiger partial charge on any atom is -0.496 e. The zero-order valence-electron chi connectivity index (χ0n) is 14.4. The van der Waals surface area contributed by atoms with Crippen molar-refractivity contribution in [1.29, 1.82) is 0 Å². The summed E-state index contributed by atoms with van der Waals surface area (Å²) in [5.41, 5.74) is 1.25. The number of nitrogens with one attached hydrogen (secondary N) is 1. The number of methoxy groups -OCH3 is 1. The maximum atomic E-state index is 12.5. The van der Waals surface area contributed by atoms with Crippen LogP contribution in [0.1, 0.15) is 23.2 Å². The van der Waals surface area contributed by atoms with Crippen molar-refractivity contribution in [1.82, 2.24) is 15.1 Å². The molecule has 0 unspecified atom stereocenters. The lowest BCUT2D eigenvalue weighted by Crippen LogP contribution is -2.45. The molecule has 1 aliphatic rings. The SMILES string of the molecule is COc1ccccc1C(=O)NC1CCN(c2cnn(C)c(=O)c2)CC1. The molecule has 1 amide bonds. The third-order valence-corrected chi connectivity index (χ3v) is 4.50. The van der Waals surface area contributed by atoms with Gasteiger partial charge in [0.05, 0.1) is 24.6 Å². The summed E-state index contributed by atoms with van der Waals surface area (Å²) in [6.07, 6.45) is 3.33. The fraction of sp³-hybridized carbons (Fsp3) is 0.389. The number of carbonyl (C=O) groups is 1. The number of piperidine rings is 1. The summed E-state index contributed by atoms with van der Waals surface area (Å²) in [7, 11) is 3.19. The minimum atomic E-state index is -0.121. The van der Waals surface area contributed by atoms with Crippen molar-refractivity contribution >= 4 is 11.6 Å². The van der Waals surface area contributed by atoms with Crippen molar-refractivity contribution in [2.24, 2.45) is 7.05 Å². The number of carbonyl (C=O) groups excluding carboxylic acids is 1. The van der Waals surface area contributed by atoms with Gasteiger partial charge in [0.15, 0.2) is 0 Å². The molecule has 1 N–H and O–H groups in total. The summed E-state index contributed by atoms with van der Waals surface area (Å²) < 4.78 is 6.55. The Balaban J connectivity index is 1.60. The molecule has 25 heavy (non-hydrogen) atoms. The lowest BCUT2D eigenvalue weighted by molar-refractivity contribution is 0.0928. The first kappa shape index (κ1) is 17.0. The zero-order valence-corrected chi connectivity index (χ0v) is 14.4. The van der Waals surface area contributed by atoms with Crippen molar-refractivity contribution in [3.8, 4) is 5.75 Å². The van der Waals surface area contributed by atoms with Crippen molar-refractivity contribution in [3.63, 3.8) is 0 Å². The maximum Gasteiger partial charge on any atom is 0.268 e. The zero-order chi connectivity index (χ0) is 17.8. The first-order chi connectivity index (χ1) is 12.1. The molecule has 7 heteroatoms. The smallest absolute Gasteiger partial charge is 0.268 e. The van der Waals surface area contributed by atoms with E-state index in [4.69, 9.17) is 4.74 Å². The van der Waals surface area contributed by atoms with E-state index in [1.165, 1.54) is 4.68 Å². The molecule has 1 aliphatic heterocycles. The molecule has 0 spiro atoms. The molecule has 2 aromatic rings. The summed E-state index contributed by atoms with van der Waals surface area (Å²) in [4.78, 5) is 26.3. The molecular weight excluding hydrogens is 320 g/mol. The van der Waals surface area contributed by atoms with Gasteiger partial charge in [0.25, 0.3) is 11.5 Å². The van der Waals surface area contributed by atoms with E-state index in [0.29, 0.717) is 11.3 Å². The van der Waals surface area contributed by atoms with E-state index in [9.17, 15) is 9.59 Å². The molecule has 0 bridgehead atoms. The fourth-order valence-corrected chi connectivity index (χ4v) is 3.01. The van der Waals surface area contributed by atoms with E-state index >= 15 is 0 Å². The van der Waals surface area contributed by atoms with Crippen LogP contribution in [-0.2, 0) is 7.05 Å². The van der Waals surface area contributed by atoms with Crippen molar-refractivity contribution in [3.05, 3.63) is 52.4 Å². The van der Waals surface area contributed by atoms with Crippen LogP contribution in [0.5, 0.6) is 5.75 Å². The normalized spacial score (nSPS) is 15.0. The van der Waals surface area contributed by atoms with E-state index in [-0.39, 0.29) is 17.5 Å². The third kappa shape index (κ3) is 3.81.